The lowest BCUT2D eigenvalue weighted by atomic mass is 9.91. The number of hydrogen-bond acceptors (Lipinski definition) is 4. The van der Waals surface area contributed by atoms with Crippen molar-refractivity contribution in [1.82, 2.24) is 20.9 Å². The average Bonchev–Trinajstić information content (AvgIpc) is 3.28. The van der Waals surface area contributed by atoms with E-state index < -0.39 is 0 Å². The molecule has 3 aliphatic rings. The maximum Gasteiger partial charge on any atom is 0.234 e. The Morgan fingerprint density at radius 1 is 1.15 bits per heavy atom. The van der Waals surface area contributed by atoms with E-state index in [1.165, 1.54) is 0 Å². The van der Waals surface area contributed by atoms with E-state index in [2.05, 4.69) is 27.8 Å². The van der Waals surface area contributed by atoms with Crippen LogP contribution in [-0.4, -0.2) is 62.0 Å². The lowest BCUT2D eigenvalue weighted by Crippen LogP contribution is -2.48. The summed E-state index contributed by atoms with van der Waals surface area (Å²) in [6.45, 7) is 7.20. The van der Waals surface area contributed by atoms with Crippen LogP contribution in [-0.2, 0) is 9.59 Å². The minimum absolute atomic E-state index is 0. The molecule has 3 N–H and O–H groups in total. The SMILES string of the molecule is CCCNC(=O)CN1CCC(NC(=O)C2CC23CCNCC3)CC1.Cl.Cl. The van der Waals surface area contributed by atoms with Gasteiger partial charge in [0.05, 0.1) is 6.54 Å². The number of hydrogen-bond donors (Lipinski definition) is 3. The van der Waals surface area contributed by atoms with Gasteiger partial charge < -0.3 is 16.0 Å². The quantitative estimate of drug-likeness (QED) is 0.619. The molecule has 3 rings (SSSR count). The van der Waals surface area contributed by atoms with Gasteiger partial charge in [-0.1, -0.05) is 6.92 Å². The van der Waals surface area contributed by atoms with Crippen LogP contribution >= 0.6 is 24.8 Å². The van der Waals surface area contributed by atoms with Crippen LogP contribution in [0.5, 0.6) is 0 Å². The van der Waals surface area contributed by atoms with Crippen molar-refractivity contribution < 1.29 is 9.59 Å². The summed E-state index contributed by atoms with van der Waals surface area (Å²) in [4.78, 5) is 26.5. The first-order chi connectivity index (χ1) is 11.6. The van der Waals surface area contributed by atoms with Crippen molar-refractivity contribution in [2.24, 2.45) is 11.3 Å². The summed E-state index contributed by atoms with van der Waals surface area (Å²) < 4.78 is 0. The molecule has 152 valence electrons. The minimum Gasteiger partial charge on any atom is -0.355 e. The summed E-state index contributed by atoms with van der Waals surface area (Å²) in [5, 5.41) is 9.58. The Bertz CT molecular complexity index is 464. The van der Waals surface area contributed by atoms with Crippen molar-refractivity contribution in [2.75, 3.05) is 39.3 Å². The first-order valence-corrected chi connectivity index (χ1v) is 9.63. The van der Waals surface area contributed by atoms with Gasteiger partial charge in [0.2, 0.25) is 11.8 Å². The standard InChI is InChI=1S/C18H32N4O2.2ClH/c1-2-7-20-16(23)13-22-10-3-14(4-11-22)21-17(24)15-12-18(15)5-8-19-9-6-18;;/h14-15,19H,2-13H2,1H3,(H,20,23)(H,21,24);2*1H. The van der Waals surface area contributed by atoms with Crippen LogP contribution in [0.2, 0.25) is 0 Å². The van der Waals surface area contributed by atoms with Gasteiger partial charge in [-0.05, 0) is 57.0 Å². The van der Waals surface area contributed by atoms with E-state index in [4.69, 9.17) is 0 Å². The molecule has 1 unspecified atom stereocenters. The fraction of sp³-hybridized carbons (Fsp3) is 0.889. The van der Waals surface area contributed by atoms with Gasteiger partial charge in [-0.25, -0.2) is 0 Å². The fourth-order valence-electron chi connectivity index (χ4n) is 4.26. The minimum atomic E-state index is 0. The number of piperidine rings is 2. The summed E-state index contributed by atoms with van der Waals surface area (Å²) in [5.74, 6) is 0.638. The van der Waals surface area contributed by atoms with Crippen molar-refractivity contribution in [3.05, 3.63) is 0 Å². The zero-order chi connectivity index (χ0) is 17.0. The fourth-order valence-corrected chi connectivity index (χ4v) is 4.26. The van der Waals surface area contributed by atoms with Gasteiger partial charge in [0.25, 0.3) is 0 Å². The van der Waals surface area contributed by atoms with Gasteiger partial charge >= 0.3 is 0 Å². The Kier molecular flexibility index (Phi) is 9.65. The van der Waals surface area contributed by atoms with E-state index >= 15 is 0 Å². The molecule has 2 aliphatic heterocycles. The third-order valence-corrected chi connectivity index (χ3v) is 5.98. The lowest BCUT2D eigenvalue weighted by Gasteiger charge is -2.32. The van der Waals surface area contributed by atoms with E-state index in [-0.39, 0.29) is 48.6 Å². The number of halogens is 2. The molecule has 2 saturated heterocycles. The van der Waals surface area contributed by atoms with Crippen LogP contribution in [0.15, 0.2) is 0 Å². The van der Waals surface area contributed by atoms with Gasteiger partial charge in [0, 0.05) is 31.6 Å². The Morgan fingerprint density at radius 3 is 2.42 bits per heavy atom. The molecule has 2 amide bonds. The average molecular weight is 409 g/mol. The smallest absolute Gasteiger partial charge is 0.234 e. The summed E-state index contributed by atoms with van der Waals surface area (Å²) in [5.41, 5.74) is 0.313. The van der Waals surface area contributed by atoms with Crippen molar-refractivity contribution >= 4 is 36.6 Å². The summed E-state index contributed by atoms with van der Waals surface area (Å²) in [7, 11) is 0. The second-order valence-corrected chi connectivity index (χ2v) is 7.78. The maximum absolute atomic E-state index is 12.5. The largest absolute Gasteiger partial charge is 0.355 e. The van der Waals surface area contributed by atoms with Gasteiger partial charge in [0.1, 0.15) is 0 Å². The highest BCUT2D eigenvalue weighted by molar-refractivity contribution is 5.85. The van der Waals surface area contributed by atoms with Gasteiger partial charge in [-0.15, -0.1) is 24.8 Å². The Balaban J connectivity index is 0.00000169. The molecule has 1 spiro atoms. The van der Waals surface area contributed by atoms with Crippen molar-refractivity contribution in [3.8, 4) is 0 Å². The molecule has 1 atom stereocenters. The molecule has 8 heteroatoms. The number of rotatable bonds is 6. The summed E-state index contributed by atoms with van der Waals surface area (Å²) >= 11 is 0. The highest BCUT2D eigenvalue weighted by Gasteiger charge is 2.57. The van der Waals surface area contributed by atoms with Crippen molar-refractivity contribution in [2.45, 2.75) is 51.5 Å². The first kappa shape index (κ1) is 23.5. The normalized spacial score (nSPS) is 24.9. The highest BCUT2D eigenvalue weighted by Crippen LogP contribution is 2.58. The van der Waals surface area contributed by atoms with Gasteiger partial charge in [-0.3, -0.25) is 14.5 Å². The molecular formula is C18H34Cl2N4O2. The maximum atomic E-state index is 12.5. The second kappa shape index (κ2) is 10.7. The number of carbonyl (C=O) groups excluding carboxylic acids is 2. The number of likely N-dealkylation sites (tertiary alicyclic amines) is 1. The van der Waals surface area contributed by atoms with Crippen molar-refractivity contribution in [1.29, 1.82) is 0 Å². The molecular weight excluding hydrogens is 375 g/mol. The second-order valence-electron chi connectivity index (χ2n) is 7.78. The van der Waals surface area contributed by atoms with Crippen LogP contribution in [0.25, 0.3) is 0 Å². The molecule has 6 nitrogen and oxygen atoms in total. The predicted molar refractivity (Wildman–Crippen MR) is 108 cm³/mol. The van der Waals surface area contributed by atoms with E-state index in [0.29, 0.717) is 12.0 Å². The molecule has 2 heterocycles. The Morgan fingerprint density at radius 2 is 1.81 bits per heavy atom. The monoisotopic (exact) mass is 408 g/mol. The Hall–Kier alpha value is -0.560. The number of nitrogens with zero attached hydrogens (tertiary/aromatic N) is 1. The lowest BCUT2D eigenvalue weighted by molar-refractivity contribution is -0.125. The zero-order valence-corrected chi connectivity index (χ0v) is 17.4. The van der Waals surface area contributed by atoms with Crippen LogP contribution in [0.4, 0.5) is 0 Å². The highest BCUT2D eigenvalue weighted by atomic mass is 35.5. The summed E-state index contributed by atoms with van der Waals surface area (Å²) in [6, 6.07) is 0.284. The van der Waals surface area contributed by atoms with Crippen molar-refractivity contribution in [3.63, 3.8) is 0 Å². The third-order valence-electron chi connectivity index (χ3n) is 5.98. The topological polar surface area (TPSA) is 73.5 Å². The Labute approximate surface area is 169 Å². The molecule has 1 aliphatic carbocycles. The van der Waals surface area contributed by atoms with E-state index in [9.17, 15) is 9.59 Å². The number of nitrogens with one attached hydrogen (secondary N) is 3. The molecule has 1 saturated carbocycles. The van der Waals surface area contributed by atoms with Crippen LogP contribution < -0.4 is 16.0 Å². The molecule has 0 aromatic rings. The summed E-state index contributed by atoms with van der Waals surface area (Å²) in [6.07, 6.45) is 6.25. The molecule has 0 aromatic carbocycles. The number of amides is 2. The van der Waals surface area contributed by atoms with Crippen LogP contribution in [0, 0.1) is 11.3 Å². The predicted octanol–water partition coefficient (Wildman–Crippen LogP) is 1.33. The molecule has 0 radical (unpaired) electrons. The molecule has 0 aromatic heterocycles. The van der Waals surface area contributed by atoms with Gasteiger partial charge in [0.15, 0.2) is 0 Å². The zero-order valence-electron chi connectivity index (χ0n) is 15.7. The van der Waals surface area contributed by atoms with E-state index in [1.54, 1.807) is 0 Å². The molecule has 0 bridgehead atoms. The first-order valence-electron chi connectivity index (χ1n) is 9.63. The van der Waals surface area contributed by atoms with Crippen LogP contribution in [0.1, 0.15) is 45.4 Å². The van der Waals surface area contributed by atoms with E-state index in [1.807, 2.05) is 0 Å². The molecule has 3 fully saturated rings. The number of carbonyl (C=O) groups is 2. The van der Waals surface area contributed by atoms with Gasteiger partial charge in [-0.2, -0.15) is 0 Å². The third kappa shape index (κ3) is 5.98. The molecule has 26 heavy (non-hydrogen) atoms. The van der Waals surface area contributed by atoms with E-state index in [0.717, 1.165) is 71.2 Å². The van der Waals surface area contributed by atoms with Crippen LogP contribution in [0.3, 0.4) is 0 Å².